The van der Waals surface area contributed by atoms with Crippen molar-refractivity contribution in [3.05, 3.63) is 335 Å². The summed E-state index contributed by atoms with van der Waals surface area (Å²) < 4.78 is 0. The lowest BCUT2D eigenvalue weighted by molar-refractivity contribution is 0.960. The molecule has 0 heterocycles. The molecule has 85 heavy (non-hydrogen) atoms. The number of hydrogen-bond donors (Lipinski definition) is 0. The minimum Gasteiger partial charge on any atom is -0.0909 e. The molecule has 9 aromatic rings. The van der Waals surface area contributed by atoms with Gasteiger partial charge in [0.15, 0.2) is 0 Å². The fourth-order valence-electron chi connectivity index (χ4n) is 7.65. The molecule has 0 bridgehead atoms. The molecule has 0 saturated heterocycles. The van der Waals surface area contributed by atoms with Crippen LogP contribution in [0.2, 0.25) is 0 Å². The van der Waals surface area contributed by atoms with Crippen LogP contribution in [0.15, 0.2) is 279 Å². The quantitative estimate of drug-likeness (QED) is 0.126. The van der Waals surface area contributed by atoms with Gasteiger partial charge in [0.2, 0.25) is 0 Å². The summed E-state index contributed by atoms with van der Waals surface area (Å²) in [4.78, 5) is 0. The molecule has 0 heteroatoms. The number of aryl methyl sites for hydroxylation is 5. The number of benzene rings is 9. The van der Waals surface area contributed by atoms with Gasteiger partial charge in [0.25, 0.3) is 0 Å². The molecule has 1 aliphatic rings. The molecule has 0 amide bonds. The van der Waals surface area contributed by atoms with Gasteiger partial charge in [-0.25, -0.2) is 0 Å². The number of hydrogen-bond acceptors (Lipinski definition) is 0. The third-order valence-corrected chi connectivity index (χ3v) is 11.5. The van der Waals surface area contributed by atoms with Crippen molar-refractivity contribution < 1.29 is 0 Å². The van der Waals surface area contributed by atoms with Crippen LogP contribution < -0.4 is 0 Å². The summed E-state index contributed by atoms with van der Waals surface area (Å²) in [5, 5.41) is 0. The van der Waals surface area contributed by atoms with Gasteiger partial charge in [-0.3, -0.25) is 0 Å². The number of fused-ring (bicyclic) bond motifs is 1. The average molecular weight is 1140 g/mol. The second-order valence-corrected chi connectivity index (χ2v) is 16.5. The number of rotatable bonds is 9. The smallest absolute Gasteiger partial charge is 0.00108 e. The normalized spacial score (nSPS) is 9.48. The van der Waals surface area contributed by atoms with Gasteiger partial charge in [0.1, 0.15) is 0 Å². The Morgan fingerprint density at radius 2 is 0.518 bits per heavy atom. The second-order valence-electron chi connectivity index (χ2n) is 16.5. The van der Waals surface area contributed by atoms with Crippen LogP contribution in [0.5, 0.6) is 0 Å². The van der Waals surface area contributed by atoms with E-state index in [0.29, 0.717) is 0 Å². The predicted molar refractivity (Wildman–Crippen MR) is 394 cm³/mol. The first-order valence-corrected chi connectivity index (χ1v) is 32.5. The summed E-state index contributed by atoms with van der Waals surface area (Å²) in [6, 6.07) is 92.6. The maximum atomic E-state index is 4.25. The molecule has 1 aliphatic carbocycles. The van der Waals surface area contributed by atoms with Crippen molar-refractivity contribution >= 4 is 23.3 Å². The Labute approximate surface area is 525 Å². The zero-order valence-corrected chi connectivity index (χ0v) is 57.3. The lowest BCUT2D eigenvalue weighted by atomic mass is 9.81. The summed E-state index contributed by atoms with van der Waals surface area (Å²) in [6.45, 7) is 44.5. The largest absolute Gasteiger partial charge is 0.0909 e. The molecule has 0 nitrogen and oxygen atoms in total. The molecular weight excluding hydrogens is 1020 g/mol. The SMILES string of the molecule is C(=C\c1ccccc1)/c1ccccc1.C=C1C(C)=C(c2ccccc2)Cc2ccccc21.CC.CC.CC.CC.CC.CC.CC.CC.CC.Cc1ccccc1.c1ccc(CCc2ccccc2)cc1.c1ccc(CCc2ccccc2)cc1. The standard InChI is InChI=1S/C18H16.2C14H14.C14H12.C7H8.9C2H6/c1-13-14(2)18(15-8-4-3-5-9-15)12-16-10-6-7-11-17(13)16;3*1-3-7-13(8-4-1)11-12-14-9-5-2-6-10-14;1-7-5-3-2-4-6-7;9*1-2/h3-11H,1,12H2,2H3;2*1-10H,11-12H2;1-12H;2-6H,1H3;9*1-2H3/b;;;12-11+;;;;;;;;;;. The highest BCUT2D eigenvalue weighted by Gasteiger charge is 2.19. The molecule has 9 aromatic carbocycles. The lowest BCUT2D eigenvalue weighted by Crippen LogP contribution is -2.05. The van der Waals surface area contributed by atoms with Gasteiger partial charge < -0.3 is 0 Å². The van der Waals surface area contributed by atoms with Crippen LogP contribution in [-0.2, 0) is 32.1 Å². The van der Waals surface area contributed by atoms with Crippen LogP contribution in [0.3, 0.4) is 0 Å². The molecule has 0 aliphatic heterocycles. The van der Waals surface area contributed by atoms with E-state index in [0.717, 1.165) is 37.7 Å². The highest BCUT2D eigenvalue weighted by atomic mass is 14.2. The third kappa shape index (κ3) is 40.2. The monoisotopic (exact) mass is 1140 g/mol. The van der Waals surface area contributed by atoms with Crippen LogP contribution in [0, 0.1) is 6.92 Å². The maximum Gasteiger partial charge on any atom is -0.00108 e. The Balaban J connectivity index is -0.000000458. The summed E-state index contributed by atoms with van der Waals surface area (Å²) in [7, 11) is 0. The van der Waals surface area contributed by atoms with Crippen molar-refractivity contribution in [1.82, 2.24) is 0 Å². The van der Waals surface area contributed by atoms with Crippen molar-refractivity contribution in [2.24, 2.45) is 0 Å². The van der Waals surface area contributed by atoms with E-state index in [1.54, 1.807) is 0 Å². The summed E-state index contributed by atoms with van der Waals surface area (Å²) in [5.41, 5.74) is 17.3. The Bertz CT molecular complexity index is 2570. The van der Waals surface area contributed by atoms with E-state index in [2.05, 4.69) is 245 Å². The average Bonchev–Trinajstić information content (AvgIpc) is 3.80. The molecule has 0 atom stereocenters. The number of allylic oxidation sites excluding steroid dienone is 3. The van der Waals surface area contributed by atoms with Gasteiger partial charge >= 0.3 is 0 Å². The lowest BCUT2D eigenvalue weighted by Gasteiger charge is -2.23. The summed E-state index contributed by atoms with van der Waals surface area (Å²) in [6.07, 6.45) is 9.76. The zero-order valence-electron chi connectivity index (χ0n) is 57.3. The molecule has 0 unspecified atom stereocenters. The van der Waals surface area contributed by atoms with Crippen molar-refractivity contribution in [1.29, 1.82) is 0 Å². The van der Waals surface area contributed by atoms with Crippen LogP contribution in [0.4, 0.5) is 0 Å². The molecule has 0 N–H and O–H groups in total. The molecule has 0 spiro atoms. The van der Waals surface area contributed by atoms with E-state index in [1.807, 2.05) is 179 Å². The van der Waals surface area contributed by atoms with Gasteiger partial charge in [-0.1, -0.05) is 416 Å². The summed E-state index contributed by atoms with van der Waals surface area (Å²) >= 11 is 0. The van der Waals surface area contributed by atoms with Crippen molar-refractivity contribution in [3.63, 3.8) is 0 Å². The minimum atomic E-state index is 1.00. The fourth-order valence-corrected chi connectivity index (χ4v) is 7.65. The molecule has 458 valence electrons. The Kier molecular flexibility index (Phi) is 62.8. The molecular formula is C85H118. The van der Waals surface area contributed by atoms with Gasteiger partial charge in [0, 0.05) is 0 Å². The highest BCUT2D eigenvalue weighted by molar-refractivity contribution is 5.93. The van der Waals surface area contributed by atoms with E-state index >= 15 is 0 Å². The van der Waals surface area contributed by atoms with E-state index in [-0.39, 0.29) is 0 Å². The first kappa shape index (κ1) is 83.7. The summed E-state index contributed by atoms with van der Waals surface area (Å²) in [5.74, 6) is 0. The van der Waals surface area contributed by atoms with Gasteiger partial charge in [0.05, 0.1) is 0 Å². The zero-order chi connectivity index (χ0) is 64.6. The van der Waals surface area contributed by atoms with Crippen LogP contribution in [0.1, 0.15) is 187 Å². The van der Waals surface area contributed by atoms with Crippen molar-refractivity contribution in [3.8, 4) is 0 Å². The van der Waals surface area contributed by atoms with E-state index in [4.69, 9.17) is 0 Å². The van der Waals surface area contributed by atoms with Crippen molar-refractivity contribution in [2.75, 3.05) is 0 Å². The first-order chi connectivity index (χ1) is 42.0. The van der Waals surface area contributed by atoms with Gasteiger partial charge in [-0.2, -0.15) is 0 Å². The topological polar surface area (TPSA) is 0 Å². The molecule has 0 fully saturated rings. The van der Waals surface area contributed by atoms with E-state index < -0.39 is 0 Å². The van der Waals surface area contributed by atoms with Gasteiger partial charge in [-0.05, 0) is 113 Å². The Morgan fingerprint density at radius 3 is 0.788 bits per heavy atom. The van der Waals surface area contributed by atoms with Crippen LogP contribution in [-0.4, -0.2) is 0 Å². The maximum absolute atomic E-state index is 4.25. The highest BCUT2D eigenvalue weighted by Crippen LogP contribution is 2.38. The van der Waals surface area contributed by atoms with E-state index in [1.165, 1.54) is 66.8 Å². The van der Waals surface area contributed by atoms with E-state index in [9.17, 15) is 0 Å². The second kappa shape index (κ2) is 63.8. The molecule has 10 rings (SSSR count). The Hall–Kier alpha value is -7.80. The molecule has 0 radical (unpaired) electrons. The van der Waals surface area contributed by atoms with Crippen LogP contribution in [0.25, 0.3) is 23.3 Å². The third-order valence-electron chi connectivity index (χ3n) is 11.5. The minimum absolute atomic E-state index is 1.00. The molecule has 0 aromatic heterocycles. The molecule has 0 saturated carbocycles. The fraction of sp³-hybridized carbons (Fsp3) is 0.294. The van der Waals surface area contributed by atoms with Gasteiger partial charge in [-0.15, -0.1) is 0 Å². The Morgan fingerprint density at radius 1 is 0.282 bits per heavy atom. The predicted octanol–water partition coefficient (Wildman–Crippen LogP) is 26.8. The first-order valence-electron chi connectivity index (χ1n) is 32.5. The van der Waals surface area contributed by atoms with Crippen LogP contribution >= 0.6 is 0 Å². The van der Waals surface area contributed by atoms with Crippen molar-refractivity contribution in [2.45, 2.75) is 171 Å².